The summed E-state index contributed by atoms with van der Waals surface area (Å²) in [7, 11) is 0. The Hall–Kier alpha value is -2.50. The van der Waals surface area contributed by atoms with Crippen LogP contribution in [-0.4, -0.2) is 14.6 Å². The number of nitrogens with one attached hydrogen (secondary N) is 1. The van der Waals surface area contributed by atoms with Crippen LogP contribution in [0.1, 0.15) is 44.0 Å². The molecule has 120 valence electrons. The van der Waals surface area contributed by atoms with E-state index in [1.54, 1.807) is 10.7 Å². The van der Waals surface area contributed by atoms with Crippen LogP contribution in [0.15, 0.2) is 36.5 Å². The molecule has 0 fully saturated rings. The third kappa shape index (κ3) is 3.16. The Bertz CT molecular complexity index is 821. The lowest BCUT2D eigenvalue weighted by molar-refractivity contribution is 0.577. The molecule has 3 aromatic rings. The maximum absolute atomic E-state index is 13.4. The number of hydrogen-bond acceptors (Lipinski definition) is 3. The number of rotatable bonds is 4. The summed E-state index contributed by atoms with van der Waals surface area (Å²) in [5, 5.41) is 7.51. The lowest BCUT2D eigenvalue weighted by Gasteiger charge is -2.18. The summed E-state index contributed by atoms with van der Waals surface area (Å²) in [5.41, 5.74) is 2.19. The van der Waals surface area contributed by atoms with Gasteiger partial charge in [-0.15, -0.1) is 0 Å². The normalized spacial score (nSPS) is 12.8. The zero-order valence-corrected chi connectivity index (χ0v) is 13.2. The molecule has 1 aromatic carbocycles. The smallest absolute Gasteiger partial charge is 0.157 e. The maximum atomic E-state index is 13.4. The van der Waals surface area contributed by atoms with E-state index < -0.39 is 11.6 Å². The minimum absolute atomic E-state index is 0.261. The van der Waals surface area contributed by atoms with Gasteiger partial charge >= 0.3 is 0 Å². The number of halogens is 2. The zero-order valence-electron chi connectivity index (χ0n) is 13.2. The van der Waals surface area contributed by atoms with E-state index in [1.807, 2.05) is 19.1 Å². The van der Waals surface area contributed by atoms with Crippen molar-refractivity contribution in [1.29, 1.82) is 0 Å². The van der Waals surface area contributed by atoms with Crippen LogP contribution in [0.5, 0.6) is 0 Å². The highest BCUT2D eigenvalue weighted by Gasteiger charge is 2.13. The molecular weight excluding hydrogens is 298 g/mol. The van der Waals surface area contributed by atoms with E-state index in [-0.39, 0.29) is 12.0 Å². The molecule has 0 aliphatic rings. The largest absolute Gasteiger partial charge is 0.363 e. The first-order valence-electron chi connectivity index (χ1n) is 7.51. The van der Waals surface area contributed by atoms with Gasteiger partial charge in [-0.3, -0.25) is 0 Å². The fourth-order valence-electron chi connectivity index (χ4n) is 2.46. The van der Waals surface area contributed by atoms with Crippen molar-refractivity contribution in [2.75, 3.05) is 5.32 Å². The van der Waals surface area contributed by atoms with E-state index in [9.17, 15) is 8.78 Å². The van der Waals surface area contributed by atoms with Gasteiger partial charge in [0.05, 0.1) is 12.2 Å². The van der Waals surface area contributed by atoms with Crippen LogP contribution < -0.4 is 5.32 Å². The summed E-state index contributed by atoms with van der Waals surface area (Å²) in [5.74, 6) is -0.177. The summed E-state index contributed by atoms with van der Waals surface area (Å²) >= 11 is 0. The van der Waals surface area contributed by atoms with Gasteiger partial charge in [-0.25, -0.2) is 13.8 Å². The number of benzene rings is 1. The van der Waals surface area contributed by atoms with E-state index in [0.29, 0.717) is 5.56 Å². The fourth-order valence-corrected chi connectivity index (χ4v) is 2.46. The quantitative estimate of drug-likeness (QED) is 0.780. The Balaban J connectivity index is 1.98. The Morgan fingerprint density at radius 2 is 1.74 bits per heavy atom. The molecule has 1 N–H and O–H groups in total. The predicted octanol–water partition coefficient (Wildman–Crippen LogP) is 4.30. The first kappa shape index (κ1) is 15.4. The summed E-state index contributed by atoms with van der Waals surface area (Å²) in [6.45, 7) is 5.97. The second-order valence-electron chi connectivity index (χ2n) is 5.89. The molecule has 0 saturated heterocycles. The van der Waals surface area contributed by atoms with E-state index in [4.69, 9.17) is 0 Å². The van der Waals surface area contributed by atoms with Crippen molar-refractivity contribution < 1.29 is 8.78 Å². The first-order valence-corrected chi connectivity index (χ1v) is 7.51. The van der Waals surface area contributed by atoms with Gasteiger partial charge in [0.1, 0.15) is 17.5 Å². The molecule has 2 heterocycles. The number of fused-ring (bicyclic) bond motifs is 1. The van der Waals surface area contributed by atoms with E-state index >= 15 is 0 Å². The summed E-state index contributed by atoms with van der Waals surface area (Å²) in [6, 6.07) is 6.97. The van der Waals surface area contributed by atoms with Crippen molar-refractivity contribution in [2.24, 2.45) is 0 Å². The third-order valence-corrected chi connectivity index (χ3v) is 3.72. The molecule has 4 nitrogen and oxygen atoms in total. The Kier molecular flexibility index (Phi) is 3.98. The zero-order chi connectivity index (χ0) is 16.6. The van der Waals surface area contributed by atoms with Crippen LogP contribution in [0.2, 0.25) is 0 Å². The highest BCUT2D eigenvalue weighted by atomic mass is 19.1. The van der Waals surface area contributed by atoms with Gasteiger partial charge in [0, 0.05) is 23.9 Å². The van der Waals surface area contributed by atoms with Gasteiger partial charge in [-0.1, -0.05) is 13.8 Å². The number of hydrogen-bond donors (Lipinski definition) is 1. The van der Waals surface area contributed by atoms with Crippen molar-refractivity contribution in [3.63, 3.8) is 0 Å². The summed E-state index contributed by atoms with van der Waals surface area (Å²) < 4.78 is 28.5. The lowest BCUT2D eigenvalue weighted by Crippen LogP contribution is -2.12. The molecule has 0 radical (unpaired) electrons. The van der Waals surface area contributed by atoms with Crippen LogP contribution in [0.4, 0.5) is 14.6 Å². The predicted molar refractivity (Wildman–Crippen MR) is 85.5 cm³/mol. The minimum Gasteiger partial charge on any atom is -0.363 e. The van der Waals surface area contributed by atoms with Crippen molar-refractivity contribution in [3.05, 3.63) is 59.4 Å². The van der Waals surface area contributed by atoms with Crippen LogP contribution in [0.3, 0.4) is 0 Å². The fraction of sp³-hybridized carbons (Fsp3) is 0.294. The molecule has 23 heavy (non-hydrogen) atoms. The Labute approximate surface area is 133 Å². The summed E-state index contributed by atoms with van der Waals surface area (Å²) in [4.78, 5) is 4.54. The van der Waals surface area contributed by atoms with Gasteiger partial charge in [0.15, 0.2) is 5.65 Å². The Morgan fingerprint density at radius 3 is 2.39 bits per heavy atom. The minimum atomic E-state index is -0.588. The average molecular weight is 316 g/mol. The molecule has 0 saturated carbocycles. The van der Waals surface area contributed by atoms with Crippen LogP contribution in [0, 0.1) is 11.6 Å². The van der Waals surface area contributed by atoms with Crippen LogP contribution in [-0.2, 0) is 0 Å². The van der Waals surface area contributed by atoms with Crippen molar-refractivity contribution in [1.82, 2.24) is 14.6 Å². The highest BCUT2D eigenvalue weighted by Crippen LogP contribution is 2.24. The number of aromatic nitrogens is 3. The summed E-state index contributed by atoms with van der Waals surface area (Å²) in [6.07, 6.45) is 1.67. The second kappa shape index (κ2) is 5.95. The highest BCUT2D eigenvalue weighted by molar-refractivity contribution is 5.50. The molecule has 2 aromatic heterocycles. The maximum Gasteiger partial charge on any atom is 0.157 e. The van der Waals surface area contributed by atoms with Gasteiger partial charge in [-0.05, 0) is 30.5 Å². The molecule has 1 atom stereocenters. The van der Waals surface area contributed by atoms with Crippen molar-refractivity contribution in [2.45, 2.75) is 32.7 Å². The second-order valence-corrected chi connectivity index (χ2v) is 5.89. The van der Waals surface area contributed by atoms with Gasteiger partial charge < -0.3 is 5.32 Å². The van der Waals surface area contributed by atoms with Gasteiger partial charge in [0.25, 0.3) is 0 Å². The van der Waals surface area contributed by atoms with Crippen molar-refractivity contribution in [3.8, 4) is 0 Å². The van der Waals surface area contributed by atoms with Gasteiger partial charge in [0.2, 0.25) is 0 Å². The number of anilines is 1. The monoisotopic (exact) mass is 316 g/mol. The lowest BCUT2D eigenvalue weighted by atomic mass is 10.1. The standard InChI is InChI=1S/C17H18F2N4/c1-10(2)15-9-17(23-16(22-15)4-5-20-23)21-11(3)12-6-13(18)8-14(19)7-12/h4-11,21H,1-3H3/t11-/m1/s1. The molecule has 0 amide bonds. The van der Waals surface area contributed by atoms with E-state index in [0.717, 1.165) is 23.2 Å². The molecule has 0 aliphatic carbocycles. The van der Waals surface area contributed by atoms with E-state index in [1.165, 1.54) is 12.1 Å². The molecule has 3 rings (SSSR count). The van der Waals surface area contributed by atoms with Crippen LogP contribution >= 0.6 is 0 Å². The first-order chi connectivity index (χ1) is 10.9. The molecular formula is C17H18F2N4. The molecule has 6 heteroatoms. The van der Waals surface area contributed by atoms with Crippen molar-refractivity contribution >= 4 is 11.5 Å². The number of nitrogens with zero attached hydrogens (tertiary/aromatic N) is 3. The Morgan fingerprint density at radius 1 is 1.04 bits per heavy atom. The molecule has 0 spiro atoms. The van der Waals surface area contributed by atoms with E-state index in [2.05, 4.69) is 29.2 Å². The SMILES string of the molecule is CC(C)c1cc(N[C@H](C)c2cc(F)cc(F)c2)n2nccc2n1. The topological polar surface area (TPSA) is 42.2 Å². The molecule has 0 aliphatic heterocycles. The van der Waals surface area contributed by atoms with Gasteiger partial charge in [-0.2, -0.15) is 9.61 Å². The molecule has 0 bridgehead atoms. The average Bonchev–Trinajstić information content (AvgIpc) is 2.94. The van der Waals surface area contributed by atoms with Crippen LogP contribution in [0.25, 0.3) is 5.65 Å². The third-order valence-electron chi connectivity index (χ3n) is 3.72. The molecule has 0 unspecified atom stereocenters.